The average Bonchev–Trinajstić information content (AvgIpc) is 2.66. The number of hydrogen-bond donors (Lipinski definition) is 0. The second-order valence-corrected chi connectivity index (χ2v) is 3.88. The van der Waals surface area contributed by atoms with Gasteiger partial charge in [0.2, 0.25) is 5.43 Å². The fraction of sp³-hybridized carbons (Fsp3) is 0.0769. The molecule has 0 aromatic carbocycles. The second kappa shape index (κ2) is 2.83. The molecule has 0 aliphatic carbocycles. The minimum atomic E-state index is -0.0345. The molecule has 0 saturated heterocycles. The van der Waals surface area contributed by atoms with E-state index in [-0.39, 0.29) is 5.43 Å². The molecule has 3 heterocycles. The van der Waals surface area contributed by atoms with Gasteiger partial charge in [-0.25, -0.2) is 0 Å². The highest BCUT2D eigenvalue weighted by Gasteiger charge is 2.11. The van der Waals surface area contributed by atoms with Crippen molar-refractivity contribution in [3.8, 4) is 6.07 Å². The van der Waals surface area contributed by atoms with Gasteiger partial charge in [0.25, 0.3) is 0 Å². The highest BCUT2D eigenvalue weighted by Crippen LogP contribution is 2.21. The van der Waals surface area contributed by atoms with Crippen LogP contribution in [0.5, 0.6) is 0 Å². The summed E-state index contributed by atoms with van der Waals surface area (Å²) in [6, 6.07) is 11.1. The van der Waals surface area contributed by atoms with Crippen LogP contribution in [-0.4, -0.2) is 4.40 Å². The topological polar surface area (TPSA) is 45.3 Å². The fourth-order valence-corrected chi connectivity index (χ4v) is 2.18. The molecule has 0 unspecified atom stereocenters. The summed E-state index contributed by atoms with van der Waals surface area (Å²) in [4.78, 5) is 11.8. The molecule has 3 aromatic heterocycles. The van der Waals surface area contributed by atoms with E-state index in [2.05, 4.69) is 6.07 Å². The molecule has 0 spiro atoms. The van der Waals surface area contributed by atoms with Gasteiger partial charge in [0, 0.05) is 5.52 Å². The first-order valence-corrected chi connectivity index (χ1v) is 5.00. The predicted molar refractivity (Wildman–Crippen MR) is 61.8 cm³/mol. The molecule has 0 amide bonds. The molecule has 0 radical (unpaired) electrons. The van der Waals surface area contributed by atoms with Crippen molar-refractivity contribution in [2.45, 2.75) is 6.92 Å². The maximum absolute atomic E-state index is 11.8. The molecule has 16 heavy (non-hydrogen) atoms. The molecule has 3 nitrogen and oxygen atoms in total. The van der Waals surface area contributed by atoms with E-state index < -0.39 is 0 Å². The van der Waals surface area contributed by atoms with E-state index in [1.165, 1.54) is 0 Å². The van der Waals surface area contributed by atoms with Crippen LogP contribution in [-0.2, 0) is 0 Å². The van der Waals surface area contributed by atoms with E-state index in [4.69, 9.17) is 5.26 Å². The monoisotopic (exact) mass is 208 g/mol. The second-order valence-electron chi connectivity index (χ2n) is 3.88. The molecule has 3 heteroatoms. The summed E-state index contributed by atoms with van der Waals surface area (Å²) >= 11 is 0. The molecule has 76 valence electrons. The molecule has 0 aliphatic rings. The van der Waals surface area contributed by atoms with E-state index in [0.717, 1.165) is 16.6 Å². The number of hydrogen-bond acceptors (Lipinski definition) is 2. The van der Waals surface area contributed by atoms with Crippen molar-refractivity contribution in [3.63, 3.8) is 0 Å². The van der Waals surface area contributed by atoms with E-state index in [0.29, 0.717) is 11.1 Å². The van der Waals surface area contributed by atoms with Crippen LogP contribution in [0.1, 0.15) is 11.1 Å². The Morgan fingerprint density at radius 2 is 1.94 bits per heavy atom. The van der Waals surface area contributed by atoms with Gasteiger partial charge in [0.1, 0.15) is 6.07 Å². The highest BCUT2D eigenvalue weighted by molar-refractivity contribution is 5.79. The van der Waals surface area contributed by atoms with Crippen LogP contribution in [0.4, 0.5) is 0 Å². The van der Waals surface area contributed by atoms with Crippen molar-refractivity contribution < 1.29 is 0 Å². The molecular weight excluding hydrogens is 200 g/mol. The molecule has 0 bridgehead atoms. The molecule has 3 aromatic rings. The van der Waals surface area contributed by atoms with Crippen LogP contribution in [0.2, 0.25) is 0 Å². The van der Waals surface area contributed by atoms with Gasteiger partial charge in [-0.2, -0.15) is 5.26 Å². The lowest BCUT2D eigenvalue weighted by atomic mass is 10.2. The number of rotatable bonds is 0. The first-order valence-electron chi connectivity index (χ1n) is 5.00. The lowest BCUT2D eigenvalue weighted by molar-refractivity contribution is 1.25. The Bertz CT molecular complexity index is 793. The van der Waals surface area contributed by atoms with Gasteiger partial charge >= 0.3 is 0 Å². The minimum absolute atomic E-state index is 0.0345. The smallest absolute Gasteiger partial charge is 0.202 e. The average molecular weight is 208 g/mol. The van der Waals surface area contributed by atoms with E-state index in [9.17, 15) is 4.79 Å². The van der Waals surface area contributed by atoms with Crippen molar-refractivity contribution in [2.75, 3.05) is 0 Å². The molecule has 0 N–H and O–H groups in total. The van der Waals surface area contributed by atoms with E-state index >= 15 is 0 Å². The van der Waals surface area contributed by atoms with Crippen LogP contribution in [0, 0.1) is 18.3 Å². The zero-order valence-electron chi connectivity index (χ0n) is 8.69. The van der Waals surface area contributed by atoms with Crippen LogP contribution in [0.15, 0.2) is 35.1 Å². The molecule has 0 aliphatic heterocycles. The highest BCUT2D eigenvalue weighted by atomic mass is 16.1. The Balaban J connectivity index is 2.77. The van der Waals surface area contributed by atoms with Crippen molar-refractivity contribution in [1.82, 2.24) is 4.40 Å². The van der Waals surface area contributed by atoms with Crippen molar-refractivity contribution in [2.24, 2.45) is 0 Å². The normalized spacial score (nSPS) is 11.0. The first-order chi connectivity index (χ1) is 7.72. The van der Waals surface area contributed by atoms with Crippen LogP contribution in [0.3, 0.4) is 0 Å². The zero-order chi connectivity index (χ0) is 11.3. The standard InChI is InChI=1S/C13H8N2O/c1-8-5-13(16)12-6-9(7-14)11-4-2-3-10(8)15(11)12/h2-6H,1H3. The summed E-state index contributed by atoms with van der Waals surface area (Å²) in [6.45, 7) is 1.90. The number of aryl methyl sites for hydroxylation is 1. The Kier molecular flexibility index (Phi) is 1.58. The van der Waals surface area contributed by atoms with E-state index in [1.54, 1.807) is 12.1 Å². The molecule has 0 atom stereocenters. The molecular formula is C13H8N2O. The molecule has 3 rings (SSSR count). The predicted octanol–water partition coefficient (Wildman–Crippen LogP) is 2.07. The van der Waals surface area contributed by atoms with Gasteiger partial charge < -0.3 is 4.40 Å². The summed E-state index contributed by atoms with van der Waals surface area (Å²) in [5.74, 6) is 0. The summed E-state index contributed by atoms with van der Waals surface area (Å²) < 4.78 is 1.86. The number of nitrogens with zero attached hydrogens (tertiary/aromatic N) is 2. The number of aromatic nitrogens is 1. The Labute approximate surface area is 91.5 Å². The Morgan fingerprint density at radius 1 is 1.19 bits per heavy atom. The third-order valence-electron chi connectivity index (χ3n) is 2.91. The van der Waals surface area contributed by atoms with Gasteiger partial charge in [-0.3, -0.25) is 4.79 Å². The third kappa shape index (κ3) is 0.934. The Morgan fingerprint density at radius 3 is 2.69 bits per heavy atom. The SMILES string of the molecule is Cc1cc(=O)c2cc(C#N)c3cccc1n32. The lowest BCUT2D eigenvalue weighted by Crippen LogP contribution is -2.05. The summed E-state index contributed by atoms with van der Waals surface area (Å²) in [5.41, 5.74) is 3.81. The Hall–Kier alpha value is -2.34. The zero-order valence-corrected chi connectivity index (χ0v) is 8.69. The third-order valence-corrected chi connectivity index (χ3v) is 2.91. The fourth-order valence-electron chi connectivity index (χ4n) is 2.18. The van der Waals surface area contributed by atoms with Crippen molar-refractivity contribution in [1.29, 1.82) is 5.26 Å². The summed E-state index contributed by atoms with van der Waals surface area (Å²) in [6.07, 6.45) is 0. The summed E-state index contributed by atoms with van der Waals surface area (Å²) in [7, 11) is 0. The number of nitriles is 1. The van der Waals surface area contributed by atoms with Gasteiger partial charge in [0.15, 0.2) is 0 Å². The van der Waals surface area contributed by atoms with Gasteiger partial charge in [-0.05, 0) is 36.8 Å². The first kappa shape index (κ1) is 8.93. The number of pyridine rings is 2. The molecule has 0 saturated carbocycles. The molecule has 0 fully saturated rings. The lowest BCUT2D eigenvalue weighted by Gasteiger charge is -2.04. The van der Waals surface area contributed by atoms with Crippen LogP contribution in [0.25, 0.3) is 16.6 Å². The van der Waals surface area contributed by atoms with Gasteiger partial charge in [-0.15, -0.1) is 0 Å². The summed E-state index contributed by atoms with van der Waals surface area (Å²) in [5, 5.41) is 9.02. The van der Waals surface area contributed by atoms with Gasteiger partial charge in [-0.1, -0.05) is 6.07 Å². The largest absolute Gasteiger partial charge is 0.305 e. The quantitative estimate of drug-likeness (QED) is 0.567. The van der Waals surface area contributed by atoms with E-state index in [1.807, 2.05) is 29.5 Å². The van der Waals surface area contributed by atoms with Crippen molar-refractivity contribution >= 4 is 16.6 Å². The van der Waals surface area contributed by atoms with Crippen molar-refractivity contribution in [3.05, 3.63) is 51.7 Å². The van der Waals surface area contributed by atoms with Crippen LogP contribution >= 0.6 is 0 Å². The maximum Gasteiger partial charge on any atom is 0.202 e. The minimum Gasteiger partial charge on any atom is -0.305 e. The van der Waals surface area contributed by atoms with Crippen LogP contribution < -0.4 is 5.43 Å². The van der Waals surface area contributed by atoms with Gasteiger partial charge in [0.05, 0.1) is 16.6 Å². The maximum atomic E-state index is 11.8.